The van der Waals surface area contributed by atoms with Crippen LogP contribution in [0.2, 0.25) is 0 Å². The number of nitrogens with one attached hydrogen (secondary N) is 1. The summed E-state index contributed by atoms with van der Waals surface area (Å²) in [6, 6.07) is 4.97. The molecule has 0 spiro atoms. The number of rotatable bonds is 6. The first-order valence-electron chi connectivity index (χ1n) is 6.26. The molecule has 0 unspecified atom stereocenters. The average Bonchev–Trinajstić information content (AvgIpc) is 2.88. The van der Waals surface area contributed by atoms with Crippen LogP contribution in [-0.2, 0) is 6.42 Å². The molecule has 1 aromatic carbocycles. The lowest BCUT2D eigenvalue weighted by molar-refractivity contribution is 0.321. The maximum atomic E-state index is 13.8. The van der Waals surface area contributed by atoms with E-state index in [2.05, 4.69) is 10.3 Å². The minimum atomic E-state index is -0.343. The Bertz CT molecular complexity index is 542. The van der Waals surface area contributed by atoms with Gasteiger partial charge in [0.15, 0.2) is 11.6 Å². The van der Waals surface area contributed by atoms with Gasteiger partial charge in [-0.3, -0.25) is 0 Å². The summed E-state index contributed by atoms with van der Waals surface area (Å²) in [5, 5.41) is 6.10. The van der Waals surface area contributed by atoms with Crippen molar-refractivity contribution in [3.8, 4) is 17.0 Å². The van der Waals surface area contributed by atoms with Gasteiger partial charge in [0.05, 0.1) is 17.3 Å². The third kappa shape index (κ3) is 3.52. The summed E-state index contributed by atoms with van der Waals surface area (Å²) in [6.07, 6.45) is 0.890. The minimum Gasteiger partial charge on any atom is -0.491 e. The number of hydrogen-bond donors (Lipinski definition) is 1. The van der Waals surface area contributed by atoms with Crippen molar-refractivity contribution in [2.45, 2.75) is 13.3 Å². The number of thiazole rings is 1. The van der Waals surface area contributed by atoms with Crippen molar-refractivity contribution in [3.63, 3.8) is 0 Å². The zero-order valence-electron chi connectivity index (χ0n) is 11.1. The van der Waals surface area contributed by atoms with Crippen LogP contribution in [0.4, 0.5) is 4.39 Å². The quantitative estimate of drug-likeness (QED) is 0.883. The second-order valence-corrected chi connectivity index (χ2v) is 5.00. The highest BCUT2D eigenvalue weighted by atomic mass is 32.1. The van der Waals surface area contributed by atoms with E-state index in [9.17, 15) is 4.39 Å². The van der Waals surface area contributed by atoms with E-state index in [1.54, 1.807) is 17.4 Å². The lowest BCUT2D eigenvalue weighted by atomic mass is 10.1. The van der Waals surface area contributed by atoms with Gasteiger partial charge in [0.1, 0.15) is 0 Å². The third-order valence-electron chi connectivity index (χ3n) is 2.67. The van der Waals surface area contributed by atoms with Crippen molar-refractivity contribution < 1.29 is 9.13 Å². The molecule has 0 aliphatic heterocycles. The SMILES string of the molecule is CCOc1ccc(-c2csc(CCNC)n2)cc1F. The van der Waals surface area contributed by atoms with Gasteiger partial charge in [-0.05, 0) is 32.2 Å². The molecule has 19 heavy (non-hydrogen) atoms. The van der Waals surface area contributed by atoms with Crippen LogP contribution >= 0.6 is 11.3 Å². The van der Waals surface area contributed by atoms with Crippen molar-refractivity contribution in [1.82, 2.24) is 10.3 Å². The molecule has 0 radical (unpaired) electrons. The molecule has 102 valence electrons. The number of halogens is 1. The Morgan fingerprint density at radius 2 is 2.26 bits per heavy atom. The summed E-state index contributed by atoms with van der Waals surface area (Å²) in [5.41, 5.74) is 1.60. The molecular formula is C14H17FN2OS. The van der Waals surface area contributed by atoms with E-state index in [0.29, 0.717) is 6.61 Å². The Balaban J connectivity index is 2.17. The molecule has 0 aliphatic rings. The van der Waals surface area contributed by atoms with Gasteiger partial charge in [0, 0.05) is 23.9 Å². The Labute approximate surface area is 116 Å². The van der Waals surface area contributed by atoms with Crippen LogP contribution in [-0.4, -0.2) is 25.2 Å². The molecule has 0 bridgehead atoms. The molecule has 3 nitrogen and oxygen atoms in total. The number of likely N-dealkylation sites (N-methyl/N-ethyl adjacent to an activating group) is 1. The Kier molecular flexibility index (Phi) is 4.87. The van der Waals surface area contributed by atoms with Crippen LogP contribution in [0.1, 0.15) is 11.9 Å². The Hall–Kier alpha value is -1.46. The molecule has 1 heterocycles. The summed E-state index contributed by atoms with van der Waals surface area (Å²) >= 11 is 1.60. The van der Waals surface area contributed by atoms with E-state index in [1.807, 2.05) is 25.4 Å². The van der Waals surface area contributed by atoms with Crippen LogP contribution in [0.5, 0.6) is 5.75 Å². The van der Waals surface area contributed by atoms with E-state index < -0.39 is 0 Å². The first-order chi connectivity index (χ1) is 9.24. The minimum absolute atomic E-state index is 0.289. The molecule has 0 saturated heterocycles. The molecule has 1 aromatic heterocycles. The number of aromatic nitrogens is 1. The standard InChI is InChI=1S/C14H17FN2OS/c1-3-18-13-5-4-10(8-11(13)15)12-9-19-14(17-12)6-7-16-2/h4-5,8-9,16H,3,6-7H2,1-2H3. The Morgan fingerprint density at radius 1 is 1.42 bits per heavy atom. The fourth-order valence-corrected chi connectivity index (χ4v) is 2.53. The van der Waals surface area contributed by atoms with Crippen molar-refractivity contribution in [1.29, 1.82) is 0 Å². The van der Waals surface area contributed by atoms with E-state index in [0.717, 1.165) is 29.2 Å². The fraction of sp³-hybridized carbons (Fsp3) is 0.357. The average molecular weight is 280 g/mol. The largest absolute Gasteiger partial charge is 0.491 e. The molecule has 0 amide bonds. The number of ether oxygens (including phenoxy) is 1. The molecule has 2 aromatic rings. The predicted molar refractivity (Wildman–Crippen MR) is 76.3 cm³/mol. The summed E-state index contributed by atoms with van der Waals surface area (Å²) in [7, 11) is 1.91. The summed E-state index contributed by atoms with van der Waals surface area (Å²) in [6.45, 7) is 3.19. The molecule has 0 fully saturated rings. The van der Waals surface area contributed by atoms with Crippen LogP contribution in [0.3, 0.4) is 0 Å². The van der Waals surface area contributed by atoms with Crippen LogP contribution in [0.15, 0.2) is 23.6 Å². The van der Waals surface area contributed by atoms with Gasteiger partial charge in [-0.15, -0.1) is 11.3 Å². The first-order valence-corrected chi connectivity index (χ1v) is 7.14. The lowest BCUT2D eigenvalue weighted by Gasteiger charge is -2.05. The van der Waals surface area contributed by atoms with Gasteiger partial charge >= 0.3 is 0 Å². The van der Waals surface area contributed by atoms with E-state index in [1.165, 1.54) is 6.07 Å². The predicted octanol–water partition coefficient (Wildman–Crippen LogP) is 3.11. The molecule has 2 rings (SSSR count). The molecule has 1 N–H and O–H groups in total. The summed E-state index contributed by atoms with van der Waals surface area (Å²) in [5.74, 6) is -0.0546. The summed E-state index contributed by atoms with van der Waals surface area (Å²) < 4.78 is 19.0. The molecule has 0 saturated carbocycles. The van der Waals surface area contributed by atoms with Crippen LogP contribution in [0, 0.1) is 5.82 Å². The number of nitrogens with zero attached hydrogens (tertiary/aromatic N) is 1. The van der Waals surface area contributed by atoms with E-state index in [-0.39, 0.29) is 11.6 Å². The molecule has 0 aliphatic carbocycles. The van der Waals surface area contributed by atoms with E-state index >= 15 is 0 Å². The van der Waals surface area contributed by atoms with Gasteiger partial charge in [-0.2, -0.15) is 0 Å². The van der Waals surface area contributed by atoms with Gasteiger partial charge in [0.2, 0.25) is 0 Å². The zero-order chi connectivity index (χ0) is 13.7. The van der Waals surface area contributed by atoms with Gasteiger partial charge in [0.25, 0.3) is 0 Å². The van der Waals surface area contributed by atoms with Crippen molar-refractivity contribution in [2.24, 2.45) is 0 Å². The lowest BCUT2D eigenvalue weighted by Crippen LogP contribution is -2.09. The molecule has 5 heteroatoms. The number of hydrogen-bond acceptors (Lipinski definition) is 4. The molecular weight excluding hydrogens is 263 g/mol. The fourth-order valence-electron chi connectivity index (χ4n) is 1.72. The monoisotopic (exact) mass is 280 g/mol. The van der Waals surface area contributed by atoms with Crippen LogP contribution < -0.4 is 10.1 Å². The second-order valence-electron chi connectivity index (χ2n) is 4.06. The second kappa shape index (κ2) is 6.63. The number of benzene rings is 1. The van der Waals surface area contributed by atoms with E-state index in [4.69, 9.17) is 4.74 Å². The van der Waals surface area contributed by atoms with Crippen molar-refractivity contribution >= 4 is 11.3 Å². The van der Waals surface area contributed by atoms with Gasteiger partial charge in [-0.25, -0.2) is 9.37 Å². The highest BCUT2D eigenvalue weighted by Crippen LogP contribution is 2.26. The van der Waals surface area contributed by atoms with Crippen LogP contribution in [0.25, 0.3) is 11.3 Å². The molecule has 0 atom stereocenters. The van der Waals surface area contributed by atoms with Crippen molar-refractivity contribution in [2.75, 3.05) is 20.2 Å². The maximum Gasteiger partial charge on any atom is 0.165 e. The normalized spacial score (nSPS) is 10.7. The maximum absolute atomic E-state index is 13.8. The topological polar surface area (TPSA) is 34.1 Å². The Morgan fingerprint density at radius 3 is 2.95 bits per heavy atom. The van der Waals surface area contributed by atoms with Gasteiger partial charge < -0.3 is 10.1 Å². The smallest absolute Gasteiger partial charge is 0.165 e. The highest BCUT2D eigenvalue weighted by molar-refractivity contribution is 7.09. The first kappa shape index (κ1) is 14.0. The van der Waals surface area contributed by atoms with Gasteiger partial charge in [-0.1, -0.05) is 0 Å². The summed E-state index contributed by atoms with van der Waals surface area (Å²) in [4.78, 5) is 4.51. The van der Waals surface area contributed by atoms with Crippen molar-refractivity contribution in [3.05, 3.63) is 34.4 Å². The zero-order valence-corrected chi connectivity index (χ0v) is 11.9. The third-order valence-corrected chi connectivity index (χ3v) is 3.58. The highest BCUT2D eigenvalue weighted by Gasteiger charge is 2.08.